The highest BCUT2D eigenvalue weighted by atomic mass is 32.2. The molecule has 1 aromatic rings. The molecule has 0 amide bonds. The zero-order valence-corrected chi connectivity index (χ0v) is 12.0. The van der Waals surface area contributed by atoms with Crippen LogP contribution >= 0.6 is 11.8 Å². The van der Waals surface area contributed by atoms with Gasteiger partial charge in [0.2, 0.25) is 0 Å². The largest absolute Gasteiger partial charge is 0.313 e. The maximum Gasteiger partial charge on any atom is 0.0205 e. The van der Waals surface area contributed by atoms with Crippen molar-refractivity contribution in [1.29, 1.82) is 0 Å². The third-order valence-electron chi connectivity index (χ3n) is 2.70. The molecule has 96 valence electrons. The lowest BCUT2D eigenvalue weighted by Crippen LogP contribution is -2.18. The first-order chi connectivity index (χ1) is 8.22. The van der Waals surface area contributed by atoms with Gasteiger partial charge in [-0.05, 0) is 64.0 Å². The van der Waals surface area contributed by atoms with E-state index in [-0.39, 0.29) is 0 Å². The summed E-state index contributed by atoms with van der Waals surface area (Å²) in [5.74, 6) is 0. The van der Waals surface area contributed by atoms with Crippen molar-refractivity contribution in [3.8, 4) is 0 Å². The highest BCUT2D eigenvalue weighted by Crippen LogP contribution is 2.14. The van der Waals surface area contributed by atoms with E-state index in [0.717, 1.165) is 13.1 Å². The van der Waals surface area contributed by atoms with Crippen LogP contribution in [0.25, 0.3) is 0 Å². The molecule has 0 aliphatic heterocycles. The standard InChI is InChI=1S/C14H24N2S/c1-16(2)11-5-4-10-15-12-13-6-8-14(17-3)9-7-13/h6-9,15H,4-5,10-12H2,1-3H3. The van der Waals surface area contributed by atoms with E-state index in [4.69, 9.17) is 0 Å². The van der Waals surface area contributed by atoms with Crippen molar-refractivity contribution in [2.24, 2.45) is 0 Å². The van der Waals surface area contributed by atoms with Crippen LogP contribution in [0, 0.1) is 0 Å². The number of nitrogens with zero attached hydrogens (tertiary/aromatic N) is 1. The molecule has 0 fully saturated rings. The Kier molecular flexibility index (Phi) is 7.33. The van der Waals surface area contributed by atoms with Gasteiger partial charge in [0.25, 0.3) is 0 Å². The van der Waals surface area contributed by atoms with E-state index < -0.39 is 0 Å². The Hall–Kier alpha value is -0.510. The second-order valence-electron chi connectivity index (χ2n) is 4.54. The number of hydrogen-bond acceptors (Lipinski definition) is 3. The predicted octanol–water partition coefficient (Wildman–Crippen LogP) is 2.84. The van der Waals surface area contributed by atoms with E-state index in [2.05, 4.69) is 54.8 Å². The van der Waals surface area contributed by atoms with Crippen molar-refractivity contribution >= 4 is 11.8 Å². The normalized spacial score (nSPS) is 11.1. The van der Waals surface area contributed by atoms with Crippen molar-refractivity contribution in [3.63, 3.8) is 0 Å². The summed E-state index contributed by atoms with van der Waals surface area (Å²) in [7, 11) is 4.25. The van der Waals surface area contributed by atoms with E-state index >= 15 is 0 Å². The van der Waals surface area contributed by atoms with E-state index in [9.17, 15) is 0 Å². The fourth-order valence-electron chi connectivity index (χ4n) is 1.65. The second-order valence-corrected chi connectivity index (χ2v) is 5.41. The molecule has 0 unspecified atom stereocenters. The lowest BCUT2D eigenvalue weighted by molar-refractivity contribution is 0.391. The number of rotatable bonds is 8. The molecule has 0 aromatic heterocycles. The van der Waals surface area contributed by atoms with Gasteiger partial charge in [-0.25, -0.2) is 0 Å². The molecular formula is C14H24N2S. The first kappa shape index (κ1) is 14.6. The minimum atomic E-state index is 0.983. The Balaban J connectivity index is 2.09. The Labute approximate surface area is 110 Å². The van der Waals surface area contributed by atoms with Gasteiger partial charge in [0, 0.05) is 11.4 Å². The topological polar surface area (TPSA) is 15.3 Å². The third kappa shape index (κ3) is 6.71. The lowest BCUT2D eigenvalue weighted by atomic mass is 10.2. The van der Waals surface area contributed by atoms with Crippen LogP contribution in [0.4, 0.5) is 0 Å². The van der Waals surface area contributed by atoms with Gasteiger partial charge in [-0.2, -0.15) is 0 Å². The second kappa shape index (κ2) is 8.56. The van der Waals surface area contributed by atoms with Gasteiger partial charge in [-0.3, -0.25) is 0 Å². The maximum absolute atomic E-state index is 3.49. The minimum Gasteiger partial charge on any atom is -0.313 e. The Morgan fingerprint density at radius 1 is 1.12 bits per heavy atom. The average molecular weight is 252 g/mol. The quantitative estimate of drug-likeness (QED) is 0.566. The zero-order chi connectivity index (χ0) is 12.5. The number of nitrogens with one attached hydrogen (secondary N) is 1. The van der Waals surface area contributed by atoms with Gasteiger partial charge < -0.3 is 10.2 Å². The fourth-order valence-corrected chi connectivity index (χ4v) is 2.06. The molecule has 0 atom stereocenters. The van der Waals surface area contributed by atoms with Crippen molar-refractivity contribution in [2.45, 2.75) is 24.3 Å². The molecule has 17 heavy (non-hydrogen) atoms. The number of hydrogen-bond donors (Lipinski definition) is 1. The first-order valence-corrected chi connectivity index (χ1v) is 7.43. The highest BCUT2D eigenvalue weighted by Gasteiger charge is 1.94. The SMILES string of the molecule is CSc1ccc(CNCCCCN(C)C)cc1. The summed E-state index contributed by atoms with van der Waals surface area (Å²) in [6, 6.07) is 8.79. The van der Waals surface area contributed by atoms with Crippen LogP contribution in [0.1, 0.15) is 18.4 Å². The molecule has 0 saturated heterocycles. The summed E-state index contributed by atoms with van der Waals surface area (Å²) in [6.45, 7) is 3.28. The van der Waals surface area contributed by atoms with Gasteiger partial charge in [-0.15, -0.1) is 11.8 Å². The van der Waals surface area contributed by atoms with Crippen molar-refractivity contribution < 1.29 is 0 Å². The predicted molar refractivity (Wildman–Crippen MR) is 77.7 cm³/mol. The Bertz CT molecular complexity index is 296. The number of benzene rings is 1. The van der Waals surface area contributed by atoms with E-state index in [1.165, 1.54) is 29.8 Å². The summed E-state index contributed by atoms with van der Waals surface area (Å²) in [6.07, 6.45) is 4.63. The van der Waals surface area contributed by atoms with Crippen molar-refractivity contribution in [2.75, 3.05) is 33.4 Å². The highest BCUT2D eigenvalue weighted by molar-refractivity contribution is 7.98. The third-order valence-corrected chi connectivity index (χ3v) is 3.44. The molecule has 0 radical (unpaired) electrons. The van der Waals surface area contributed by atoms with Crippen molar-refractivity contribution in [1.82, 2.24) is 10.2 Å². The zero-order valence-electron chi connectivity index (χ0n) is 11.2. The van der Waals surface area contributed by atoms with Gasteiger partial charge in [0.05, 0.1) is 0 Å². The van der Waals surface area contributed by atoms with Crippen LogP contribution < -0.4 is 5.32 Å². The van der Waals surface area contributed by atoms with E-state index in [0.29, 0.717) is 0 Å². The molecule has 0 aliphatic rings. The molecule has 1 rings (SSSR count). The molecule has 0 saturated carbocycles. The van der Waals surface area contributed by atoms with Crippen LogP contribution in [-0.4, -0.2) is 38.3 Å². The van der Waals surface area contributed by atoms with Crippen molar-refractivity contribution in [3.05, 3.63) is 29.8 Å². The van der Waals surface area contributed by atoms with Crippen LogP contribution in [0.2, 0.25) is 0 Å². The Morgan fingerprint density at radius 3 is 2.41 bits per heavy atom. The smallest absolute Gasteiger partial charge is 0.0205 e. The van der Waals surface area contributed by atoms with Crippen LogP contribution in [0.5, 0.6) is 0 Å². The molecule has 0 spiro atoms. The summed E-state index contributed by atoms with van der Waals surface area (Å²) >= 11 is 1.79. The summed E-state index contributed by atoms with van der Waals surface area (Å²) in [5.41, 5.74) is 1.37. The molecule has 3 heteroatoms. The number of thioether (sulfide) groups is 1. The molecule has 2 nitrogen and oxygen atoms in total. The Morgan fingerprint density at radius 2 is 1.82 bits per heavy atom. The summed E-state index contributed by atoms with van der Waals surface area (Å²) < 4.78 is 0. The van der Waals surface area contributed by atoms with Crippen LogP contribution in [-0.2, 0) is 6.54 Å². The fraction of sp³-hybridized carbons (Fsp3) is 0.571. The van der Waals surface area contributed by atoms with Gasteiger partial charge in [-0.1, -0.05) is 12.1 Å². The molecule has 1 aromatic carbocycles. The molecule has 0 aliphatic carbocycles. The average Bonchev–Trinajstić information content (AvgIpc) is 2.34. The molecular weight excluding hydrogens is 228 g/mol. The first-order valence-electron chi connectivity index (χ1n) is 6.21. The number of unbranched alkanes of at least 4 members (excludes halogenated alkanes) is 1. The molecule has 0 heterocycles. The van der Waals surface area contributed by atoms with Crippen LogP contribution in [0.15, 0.2) is 29.2 Å². The lowest BCUT2D eigenvalue weighted by Gasteiger charge is -2.09. The summed E-state index contributed by atoms with van der Waals surface area (Å²) in [4.78, 5) is 3.57. The van der Waals surface area contributed by atoms with E-state index in [1.807, 2.05) is 0 Å². The van der Waals surface area contributed by atoms with E-state index in [1.54, 1.807) is 11.8 Å². The monoisotopic (exact) mass is 252 g/mol. The molecule has 1 N–H and O–H groups in total. The van der Waals surface area contributed by atoms with Gasteiger partial charge in [0.15, 0.2) is 0 Å². The maximum atomic E-state index is 3.49. The summed E-state index contributed by atoms with van der Waals surface area (Å²) in [5, 5.41) is 3.49. The minimum absolute atomic E-state index is 0.983. The van der Waals surface area contributed by atoms with Gasteiger partial charge in [0.1, 0.15) is 0 Å². The van der Waals surface area contributed by atoms with Gasteiger partial charge >= 0.3 is 0 Å². The molecule has 0 bridgehead atoms. The van der Waals surface area contributed by atoms with Crippen LogP contribution in [0.3, 0.4) is 0 Å².